The first-order valence-electron chi connectivity index (χ1n) is 10.9. The maximum atomic E-state index is 11.1. The van der Waals surface area contributed by atoms with Crippen LogP contribution >= 0.6 is 0 Å². The van der Waals surface area contributed by atoms with Crippen LogP contribution in [-0.4, -0.2) is 21.4 Å². The van der Waals surface area contributed by atoms with Crippen LogP contribution in [0, 0.1) is 28.6 Å². The van der Waals surface area contributed by atoms with Crippen LogP contribution in [0.15, 0.2) is 47.6 Å². The van der Waals surface area contributed by atoms with Gasteiger partial charge in [-0.2, -0.15) is 0 Å². The fourth-order valence-corrected chi connectivity index (χ4v) is 4.60. The van der Waals surface area contributed by atoms with Crippen LogP contribution in [-0.2, 0) is 0 Å². The smallest absolute Gasteiger partial charge is 0.106 e. The average molecular weight is 387 g/mol. The van der Waals surface area contributed by atoms with Crippen molar-refractivity contribution in [1.82, 2.24) is 0 Å². The van der Waals surface area contributed by atoms with Crippen LogP contribution in [0.1, 0.15) is 75.2 Å². The van der Waals surface area contributed by atoms with Crippen LogP contribution in [0.25, 0.3) is 0 Å². The van der Waals surface area contributed by atoms with Gasteiger partial charge in [-0.1, -0.05) is 90.3 Å². The van der Waals surface area contributed by atoms with E-state index in [1.54, 1.807) is 0 Å². The van der Waals surface area contributed by atoms with Crippen molar-refractivity contribution < 1.29 is 10.2 Å². The summed E-state index contributed by atoms with van der Waals surface area (Å²) in [6.45, 7) is 19.0. The molecule has 4 atom stereocenters. The second kappa shape index (κ2) is 7.61. The van der Waals surface area contributed by atoms with Crippen LogP contribution in [0.4, 0.5) is 0 Å². The third-order valence-corrected chi connectivity index (χ3v) is 7.01. The summed E-state index contributed by atoms with van der Waals surface area (Å²) in [6.07, 6.45) is 14.8. The predicted octanol–water partition coefficient (Wildman–Crippen LogP) is 6.22. The van der Waals surface area contributed by atoms with Gasteiger partial charge in [0.05, 0.1) is 0 Å². The zero-order chi connectivity index (χ0) is 21.5. The zero-order valence-electron chi connectivity index (χ0n) is 19.5. The Hall–Kier alpha value is -1.12. The Balaban J connectivity index is 2.36. The van der Waals surface area contributed by atoms with Crippen LogP contribution in [0.2, 0.25) is 0 Å². The summed E-state index contributed by atoms with van der Waals surface area (Å²) in [7, 11) is 0. The van der Waals surface area contributed by atoms with E-state index in [2.05, 4.69) is 86.6 Å². The Morgan fingerprint density at radius 3 is 1.43 bits per heavy atom. The fourth-order valence-electron chi connectivity index (χ4n) is 4.60. The van der Waals surface area contributed by atoms with E-state index in [-0.39, 0.29) is 10.8 Å². The van der Waals surface area contributed by atoms with Gasteiger partial charge in [-0.05, 0) is 49.2 Å². The molecule has 0 saturated heterocycles. The molecule has 2 rings (SSSR count). The first-order chi connectivity index (χ1) is 12.7. The monoisotopic (exact) mass is 386 g/mol. The lowest BCUT2D eigenvalue weighted by Gasteiger charge is -2.44. The zero-order valence-corrected chi connectivity index (χ0v) is 19.5. The van der Waals surface area contributed by atoms with Crippen molar-refractivity contribution in [3.8, 4) is 0 Å². The molecule has 0 spiro atoms. The van der Waals surface area contributed by atoms with Gasteiger partial charge >= 0.3 is 0 Å². The van der Waals surface area contributed by atoms with Gasteiger partial charge in [0.25, 0.3) is 0 Å². The molecule has 0 fully saturated rings. The topological polar surface area (TPSA) is 40.5 Å². The van der Waals surface area contributed by atoms with E-state index < -0.39 is 11.2 Å². The summed E-state index contributed by atoms with van der Waals surface area (Å²) < 4.78 is 0. The largest absolute Gasteiger partial charge is 0.381 e. The number of hydrogen-bond acceptors (Lipinski definition) is 2. The molecule has 2 heteroatoms. The summed E-state index contributed by atoms with van der Waals surface area (Å²) in [5.74, 6) is 1.04. The minimum absolute atomic E-state index is 0.236. The minimum Gasteiger partial charge on any atom is -0.381 e. The van der Waals surface area contributed by atoms with E-state index >= 15 is 0 Å². The minimum atomic E-state index is -0.899. The maximum Gasteiger partial charge on any atom is 0.106 e. The van der Waals surface area contributed by atoms with Gasteiger partial charge in [-0.15, -0.1) is 0 Å². The molecule has 0 amide bonds. The molecule has 0 aromatic rings. The summed E-state index contributed by atoms with van der Waals surface area (Å²) in [6, 6.07) is 0. The highest BCUT2D eigenvalue weighted by Crippen LogP contribution is 2.46. The molecule has 2 aliphatic rings. The maximum absolute atomic E-state index is 11.1. The van der Waals surface area contributed by atoms with Crippen molar-refractivity contribution in [2.24, 2.45) is 28.6 Å². The average Bonchev–Trinajstić information content (AvgIpc) is 2.52. The molecule has 4 unspecified atom stereocenters. The lowest BCUT2D eigenvalue weighted by atomic mass is 9.64. The van der Waals surface area contributed by atoms with Gasteiger partial charge in [0.1, 0.15) is 11.2 Å². The van der Waals surface area contributed by atoms with Gasteiger partial charge in [0, 0.05) is 11.8 Å². The Morgan fingerprint density at radius 2 is 1.18 bits per heavy atom. The molecule has 0 bridgehead atoms. The number of allylic oxidation sites excluding steroid dienone is 4. The van der Waals surface area contributed by atoms with Gasteiger partial charge in [0.15, 0.2) is 0 Å². The molecule has 2 nitrogen and oxygen atoms in total. The molecule has 0 saturated carbocycles. The van der Waals surface area contributed by atoms with Crippen molar-refractivity contribution in [2.45, 2.75) is 86.4 Å². The number of aliphatic hydroxyl groups is 2. The van der Waals surface area contributed by atoms with Gasteiger partial charge in [-0.3, -0.25) is 0 Å². The fraction of sp³-hybridized carbons (Fsp3) is 0.692. The molecule has 0 aromatic heterocycles. The van der Waals surface area contributed by atoms with Crippen molar-refractivity contribution in [3.05, 3.63) is 47.6 Å². The Kier molecular flexibility index (Phi) is 6.30. The molecule has 0 aliphatic heterocycles. The van der Waals surface area contributed by atoms with E-state index in [1.165, 1.54) is 11.1 Å². The molecule has 158 valence electrons. The number of hydrogen-bond donors (Lipinski definition) is 2. The standard InChI is InChI=1S/C26H42O2/c1-10-11-22(20-12-14-25(27,16-18(20)2)23(4,5)6)21-13-15-26(28,17-19(21)3)24(7,8)9/h12-17,20-22,27-28H,10-11H2,1-9H3. The van der Waals surface area contributed by atoms with E-state index in [4.69, 9.17) is 0 Å². The lowest BCUT2D eigenvalue weighted by molar-refractivity contribution is 0.0251. The third kappa shape index (κ3) is 4.24. The van der Waals surface area contributed by atoms with Crippen molar-refractivity contribution in [1.29, 1.82) is 0 Å². The van der Waals surface area contributed by atoms with Crippen LogP contribution in [0.3, 0.4) is 0 Å². The summed E-state index contributed by atoms with van der Waals surface area (Å²) in [5.41, 5.74) is 0.223. The third-order valence-electron chi connectivity index (χ3n) is 7.01. The van der Waals surface area contributed by atoms with Gasteiger partial charge in [-0.25, -0.2) is 0 Å². The van der Waals surface area contributed by atoms with E-state index in [1.807, 2.05) is 12.2 Å². The Morgan fingerprint density at radius 1 is 0.821 bits per heavy atom. The quantitative estimate of drug-likeness (QED) is 0.563. The normalized spacial score (nSPS) is 34.8. The Labute approximate surface area is 173 Å². The van der Waals surface area contributed by atoms with Crippen LogP contribution in [0.5, 0.6) is 0 Å². The lowest BCUT2D eigenvalue weighted by Crippen LogP contribution is -2.43. The van der Waals surface area contributed by atoms with E-state index in [9.17, 15) is 10.2 Å². The molecular formula is C26H42O2. The molecule has 28 heavy (non-hydrogen) atoms. The molecule has 0 aromatic carbocycles. The van der Waals surface area contributed by atoms with E-state index in [0.29, 0.717) is 17.8 Å². The molecular weight excluding hydrogens is 344 g/mol. The molecule has 2 aliphatic carbocycles. The van der Waals surface area contributed by atoms with Crippen molar-refractivity contribution in [2.75, 3.05) is 0 Å². The van der Waals surface area contributed by atoms with Gasteiger partial charge in [0.2, 0.25) is 0 Å². The van der Waals surface area contributed by atoms with Crippen molar-refractivity contribution >= 4 is 0 Å². The summed E-state index contributed by atoms with van der Waals surface area (Å²) in [5, 5.41) is 22.2. The first-order valence-corrected chi connectivity index (χ1v) is 10.9. The SMILES string of the molecule is CCCC(C1C=CC(O)(C(C)(C)C)C=C1C)C1C=CC(O)(C(C)(C)C)C=C1C. The van der Waals surface area contributed by atoms with Crippen LogP contribution < -0.4 is 0 Å². The summed E-state index contributed by atoms with van der Waals surface area (Å²) >= 11 is 0. The van der Waals surface area contributed by atoms with Gasteiger partial charge < -0.3 is 10.2 Å². The molecule has 2 N–H and O–H groups in total. The van der Waals surface area contributed by atoms with E-state index in [0.717, 1.165) is 12.8 Å². The highest BCUT2D eigenvalue weighted by atomic mass is 16.3. The second-order valence-corrected chi connectivity index (χ2v) is 11.1. The molecule has 0 radical (unpaired) electrons. The second-order valence-electron chi connectivity index (χ2n) is 11.1. The highest BCUT2D eigenvalue weighted by molar-refractivity contribution is 5.35. The molecule has 0 heterocycles. The van der Waals surface area contributed by atoms with Crippen molar-refractivity contribution in [3.63, 3.8) is 0 Å². The first kappa shape index (κ1) is 23.2. The Bertz CT molecular complexity index is 637. The predicted molar refractivity (Wildman–Crippen MR) is 120 cm³/mol. The summed E-state index contributed by atoms with van der Waals surface area (Å²) in [4.78, 5) is 0. The number of rotatable bonds is 4. The highest BCUT2D eigenvalue weighted by Gasteiger charge is 2.42.